The molecular formula is C19H29N5O. The van der Waals surface area contributed by atoms with Gasteiger partial charge in [-0.15, -0.1) is 0 Å². The summed E-state index contributed by atoms with van der Waals surface area (Å²) in [4.78, 5) is 21.2. The Bertz CT molecular complexity index is 586. The Morgan fingerprint density at radius 2 is 1.92 bits per heavy atom. The van der Waals surface area contributed by atoms with Crippen molar-refractivity contribution < 1.29 is 4.79 Å². The van der Waals surface area contributed by atoms with Gasteiger partial charge in [-0.1, -0.05) is 25.8 Å². The summed E-state index contributed by atoms with van der Waals surface area (Å²) in [6.07, 6.45) is 8.96. The number of pyridine rings is 1. The van der Waals surface area contributed by atoms with E-state index in [9.17, 15) is 4.79 Å². The first-order valence-electron chi connectivity index (χ1n) is 9.32. The van der Waals surface area contributed by atoms with Crippen LogP contribution in [-0.2, 0) is 4.79 Å². The topological polar surface area (TPSA) is 74.5 Å². The number of anilines is 2. The number of amides is 1. The largest absolute Gasteiger partial charge is 0.386 e. The number of nitrogens with two attached hydrogens (primary N) is 1. The van der Waals surface area contributed by atoms with E-state index >= 15 is 0 Å². The lowest BCUT2D eigenvalue weighted by atomic mass is 9.86. The van der Waals surface area contributed by atoms with Crippen LogP contribution in [0.4, 0.5) is 11.5 Å². The number of carbonyl (C=O) groups is 1. The van der Waals surface area contributed by atoms with Gasteiger partial charge in [0.2, 0.25) is 5.91 Å². The number of aromatic nitrogens is 1. The molecule has 1 saturated heterocycles. The molecule has 2 heterocycles. The van der Waals surface area contributed by atoms with Gasteiger partial charge in [-0.25, -0.2) is 4.98 Å². The average molecular weight is 343 g/mol. The summed E-state index contributed by atoms with van der Waals surface area (Å²) in [5, 5.41) is 2.90. The SMILES string of the molecule is C=C(N)Nc1ccc(N2CCN(C(=O)CC3CCCCC3)CC2)cn1. The third-order valence-electron chi connectivity index (χ3n) is 5.22. The third kappa shape index (κ3) is 4.87. The van der Waals surface area contributed by atoms with E-state index in [-0.39, 0.29) is 0 Å². The smallest absolute Gasteiger partial charge is 0.222 e. The number of carbonyl (C=O) groups excluding carboxylic acids is 1. The van der Waals surface area contributed by atoms with Gasteiger partial charge in [-0.05, 0) is 30.9 Å². The Balaban J connectivity index is 1.47. The molecular weight excluding hydrogens is 314 g/mol. The van der Waals surface area contributed by atoms with Crippen molar-refractivity contribution in [1.29, 1.82) is 0 Å². The van der Waals surface area contributed by atoms with Gasteiger partial charge in [0, 0.05) is 32.6 Å². The van der Waals surface area contributed by atoms with Crippen molar-refractivity contribution in [1.82, 2.24) is 9.88 Å². The Kier molecular flexibility index (Phi) is 5.79. The van der Waals surface area contributed by atoms with Gasteiger partial charge in [-0.3, -0.25) is 4.79 Å². The second-order valence-corrected chi connectivity index (χ2v) is 7.13. The van der Waals surface area contributed by atoms with Crippen molar-refractivity contribution in [3.63, 3.8) is 0 Å². The minimum Gasteiger partial charge on any atom is -0.386 e. The third-order valence-corrected chi connectivity index (χ3v) is 5.22. The molecule has 0 aromatic carbocycles. The normalized spacial score (nSPS) is 18.9. The lowest BCUT2D eigenvalue weighted by molar-refractivity contribution is -0.132. The molecule has 2 fully saturated rings. The maximum Gasteiger partial charge on any atom is 0.222 e. The monoisotopic (exact) mass is 343 g/mol. The zero-order chi connectivity index (χ0) is 17.6. The molecule has 1 aliphatic heterocycles. The first kappa shape index (κ1) is 17.6. The molecule has 0 spiro atoms. The predicted octanol–water partition coefficient (Wildman–Crippen LogP) is 2.54. The number of nitrogens with zero attached hydrogens (tertiary/aromatic N) is 3. The van der Waals surface area contributed by atoms with Crippen LogP contribution in [-0.4, -0.2) is 42.0 Å². The van der Waals surface area contributed by atoms with E-state index in [2.05, 4.69) is 21.8 Å². The molecule has 6 heteroatoms. The minimum absolute atomic E-state index is 0.339. The van der Waals surface area contributed by atoms with Crippen LogP contribution in [0.5, 0.6) is 0 Å². The molecule has 136 valence electrons. The first-order valence-corrected chi connectivity index (χ1v) is 9.32. The molecule has 0 bridgehead atoms. The lowest BCUT2D eigenvalue weighted by Gasteiger charge is -2.36. The standard InChI is InChI=1S/C19H29N5O/c1-15(20)22-18-8-7-17(14-21-18)23-9-11-24(12-10-23)19(25)13-16-5-3-2-4-6-16/h7-8,14,16H,1-6,9-13,20H2,(H,21,22). The zero-order valence-corrected chi connectivity index (χ0v) is 14.9. The molecule has 1 aromatic rings. The highest BCUT2D eigenvalue weighted by atomic mass is 16.2. The summed E-state index contributed by atoms with van der Waals surface area (Å²) in [5.41, 5.74) is 6.60. The molecule has 1 amide bonds. The molecule has 3 N–H and O–H groups in total. The number of nitrogens with one attached hydrogen (secondary N) is 1. The van der Waals surface area contributed by atoms with Gasteiger partial charge in [0.1, 0.15) is 5.82 Å². The van der Waals surface area contributed by atoms with E-state index in [1.807, 2.05) is 23.2 Å². The molecule has 2 aliphatic rings. The highest BCUT2D eigenvalue weighted by Gasteiger charge is 2.24. The van der Waals surface area contributed by atoms with Crippen LogP contribution in [0.15, 0.2) is 30.7 Å². The van der Waals surface area contributed by atoms with Gasteiger partial charge < -0.3 is 20.9 Å². The van der Waals surface area contributed by atoms with Crippen LogP contribution < -0.4 is 16.0 Å². The van der Waals surface area contributed by atoms with E-state index < -0.39 is 0 Å². The molecule has 3 rings (SSSR count). The molecule has 1 saturated carbocycles. The summed E-state index contributed by atoms with van der Waals surface area (Å²) in [7, 11) is 0. The summed E-state index contributed by atoms with van der Waals surface area (Å²) in [5.74, 6) is 2.02. The van der Waals surface area contributed by atoms with E-state index in [1.165, 1.54) is 32.1 Å². The lowest BCUT2D eigenvalue weighted by Crippen LogP contribution is -2.49. The highest BCUT2D eigenvalue weighted by molar-refractivity contribution is 5.76. The maximum atomic E-state index is 12.5. The summed E-state index contributed by atoms with van der Waals surface area (Å²) in [6, 6.07) is 3.92. The fourth-order valence-corrected chi connectivity index (χ4v) is 3.79. The quantitative estimate of drug-likeness (QED) is 0.859. The van der Waals surface area contributed by atoms with Crippen molar-refractivity contribution in [3.8, 4) is 0 Å². The van der Waals surface area contributed by atoms with E-state index in [0.29, 0.717) is 23.5 Å². The fourth-order valence-electron chi connectivity index (χ4n) is 3.79. The van der Waals surface area contributed by atoms with Crippen molar-refractivity contribution in [2.75, 3.05) is 36.4 Å². The molecule has 0 atom stereocenters. The van der Waals surface area contributed by atoms with Gasteiger partial charge in [-0.2, -0.15) is 0 Å². The van der Waals surface area contributed by atoms with Gasteiger partial charge in [0.05, 0.1) is 17.7 Å². The second-order valence-electron chi connectivity index (χ2n) is 7.13. The average Bonchev–Trinajstić information content (AvgIpc) is 2.63. The second kappa shape index (κ2) is 8.23. The van der Waals surface area contributed by atoms with Gasteiger partial charge in [0.15, 0.2) is 0 Å². The molecule has 25 heavy (non-hydrogen) atoms. The molecule has 6 nitrogen and oxygen atoms in total. The minimum atomic E-state index is 0.339. The van der Waals surface area contributed by atoms with E-state index in [0.717, 1.165) is 38.3 Å². The molecule has 0 radical (unpaired) electrons. The van der Waals surface area contributed by atoms with Crippen LogP contribution in [0.3, 0.4) is 0 Å². The maximum absolute atomic E-state index is 12.5. The Morgan fingerprint density at radius 3 is 2.52 bits per heavy atom. The Labute approximate surface area is 150 Å². The number of hydrogen-bond donors (Lipinski definition) is 2. The van der Waals surface area contributed by atoms with Crippen LogP contribution in [0, 0.1) is 5.92 Å². The zero-order valence-electron chi connectivity index (χ0n) is 14.9. The Morgan fingerprint density at radius 1 is 1.20 bits per heavy atom. The van der Waals surface area contributed by atoms with Crippen molar-refractivity contribution in [2.45, 2.75) is 38.5 Å². The van der Waals surface area contributed by atoms with Gasteiger partial charge >= 0.3 is 0 Å². The number of rotatable bonds is 5. The number of hydrogen-bond acceptors (Lipinski definition) is 5. The fraction of sp³-hybridized carbons (Fsp3) is 0.579. The van der Waals surface area contributed by atoms with E-state index in [4.69, 9.17) is 5.73 Å². The molecule has 0 unspecified atom stereocenters. The van der Waals surface area contributed by atoms with Crippen LogP contribution >= 0.6 is 0 Å². The summed E-state index contributed by atoms with van der Waals surface area (Å²) < 4.78 is 0. The van der Waals surface area contributed by atoms with Gasteiger partial charge in [0.25, 0.3) is 0 Å². The molecule has 1 aromatic heterocycles. The van der Waals surface area contributed by atoms with Crippen LogP contribution in [0.2, 0.25) is 0 Å². The Hall–Kier alpha value is -2.24. The number of piperazine rings is 1. The highest BCUT2D eigenvalue weighted by Crippen LogP contribution is 2.27. The molecule has 1 aliphatic carbocycles. The van der Waals surface area contributed by atoms with Crippen molar-refractivity contribution >= 4 is 17.4 Å². The summed E-state index contributed by atoms with van der Waals surface area (Å²) in [6.45, 7) is 6.91. The van der Waals surface area contributed by atoms with Crippen molar-refractivity contribution in [3.05, 3.63) is 30.7 Å². The van der Waals surface area contributed by atoms with Crippen LogP contribution in [0.1, 0.15) is 38.5 Å². The summed E-state index contributed by atoms with van der Waals surface area (Å²) >= 11 is 0. The first-order chi connectivity index (χ1) is 12.1. The van der Waals surface area contributed by atoms with Crippen LogP contribution in [0.25, 0.3) is 0 Å². The van der Waals surface area contributed by atoms with E-state index in [1.54, 1.807) is 0 Å². The predicted molar refractivity (Wildman–Crippen MR) is 101 cm³/mol. The van der Waals surface area contributed by atoms with Crippen molar-refractivity contribution in [2.24, 2.45) is 11.7 Å².